The number of hydrogen-bond donors (Lipinski definition) is 2. The molecule has 3 rings (SSSR count). The lowest BCUT2D eigenvalue weighted by Gasteiger charge is -2.11. The molecule has 1 unspecified atom stereocenters. The van der Waals surface area contributed by atoms with E-state index >= 15 is 0 Å². The van der Waals surface area contributed by atoms with E-state index in [0.717, 1.165) is 25.0 Å². The molecule has 0 spiro atoms. The predicted octanol–water partition coefficient (Wildman–Crippen LogP) is 3.24. The molecule has 1 aliphatic heterocycles. The molecule has 2 aromatic rings. The van der Waals surface area contributed by atoms with Crippen molar-refractivity contribution in [1.29, 1.82) is 5.26 Å². The zero-order chi connectivity index (χ0) is 22.8. The van der Waals surface area contributed by atoms with E-state index in [-0.39, 0.29) is 30.7 Å². The van der Waals surface area contributed by atoms with Crippen LogP contribution in [-0.4, -0.2) is 37.7 Å². The number of carbonyl (C=O) groups excluding carboxylic acids is 2. The highest BCUT2D eigenvalue weighted by molar-refractivity contribution is 6.30. The Morgan fingerprint density at radius 3 is 2.56 bits per heavy atom. The van der Waals surface area contributed by atoms with E-state index in [1.165, 1.54) is 6.08 Å². The van der Waals surface area contributed by atoms with Gasteiger partial charge in [-0.3, -0.25) is 9.59 Å². The quantitative estimate of drug-likeness (QED) is 0.448. The number of ether oxygens (including phenoxy) is 2. The van der Waals surface area contributed by atoms with Gasteiger partial charge in [0, 0.05) is 24.7 Å². The Balaban J connectivity index is 1.47. The Morgan fingerprint density at radius 2 is 1.91 bits per heavy atom. The van der Waals surface area contributed by atoms with Crippen molar-refractivity contribution < 1.29 is 19.1 Å². The minimum absolute atomic E-state index is 0.0128. The lowest BCUT2D eigenvalue weighted by molar-refractivity contribution is -0.123. The zero-order valence-corrected chi connectivity index (χ0v) is 18.2. The summed E-state index contributed by atoms with van der Waals surface area (Å²) in [6.45, 7) is 1.42. The van der Waals surface area contributed by atoms with E-state index in [9.17, 15) is 14.9 Å². The first kappa shape index (κ1) is 23.3. The highest BCUT2D eigenvalue weighted by atomic mass is 35.5. The third kappa shape index (κ3) is 7.41. The van der Waals surface area contributed by atoms with Crippen LogP contribution in [0.25, 0.3) is 6.08 Å². The third-order valence-electron chi connectivity index (χ3n) is 4.84. The SMILES string of the molecule is N#CC(=Cc1ccc(OCC(=O)NCC2CCCO2)cc1)C(=O)NCc1ccc(Cl)cc1. The maximum atomic E-state index is 12.3. The Hall–Kier alpha value is -3.34. The van der Waals surface area contributed by atoms with Gasteiger partial charge in [0.2, 0.25) is 0 Å². The van der Waals surface area contributed by atoms with E-state index in [0.29, 0.717) is 22.9 Å². The third-order valence-corrected chi connectivity index (χ3v) is 5.10. The second-order valence-electron chi connectivity index (χ2n) is 7.28. The van der Waals surface area contributed by atoms with Crippen molar-refractivity contribution in [2.24, 2.45) is 0 Å². The molecular weight excluding hydrogens is 430 g/mol. The Labute approximate surface area is 192 Å². The molecule has 0 saturated carbocycles. The minimum atomic E-state index is -0.467. The smallest absolute Gasteiger partial charge is 0.262 e. The molecule has 0 radical (unpaired) electrons. The van der Waals surface area contributed by atoms with Crippen LogP contribution < -0.4 is 15.4 Å². The number of nitrogens with zero attached hydrogens (tertiary/aromatic N) is 1. The standard InChI is InChI=1S/C24H24ClN3O4/c25-20-7-3-18(4-8-20)14-28-24(30)19(13-26)12-17-5-9-21(10-6-17)32-16-23(29)27-15-22-2-1-11-31-22/h3-10,12,22H,1-2,11,14-16H2,(H,27,29)(H,28,30). The number of benzene rings is 2. The number of hydrogen-bond acceptors (Lipinski definition) is 5. The highest BCUT2D eigenvalue weighted by Crippen LogP contribution is 2.15. The summed E-state index contributed by atoms with van der Waals surface area (Å²) in [6.07, 6.45) is 3.56. The van der Waals surface area contributed by atoms with E-state index in [1.54, 1.807) is 48.5 Å². The topological polar surface area (TPSA) is 100 Å². The largest absolute Gasteiger partial charge is 0.484 e. The maximum Gasteiger partial charge on any atom is 0.262 e. The molecule has 1 aliphatic rings. The first-order chi connectivity index (χ1) is 15.5. The lowest BCUT2D eigenvalue weighted by Crippen LogP contribution is -2.35. The van der Waals surface area contributed by atoms with Gasteiger partial charge in [0.15, 0.2) is 6.61 Å². The Bertz CT molecular complexity index is 991. The first-order valence-corrected chi connectivity index (χ1v) is 10.7. The van der Waals surface area contributed by atoms with Crippen LogP contribution in [0.15, 0.2) is 54.1 Å². The van der Waals surface area contributed by atoms with Gasteiger partial charge in [-0.25, -0.2) is 0 Å². The number of rotatable bonds is 9. The van der Waals surface area contributed by atoms with Gasteiger partial charge >= 0.3 is 0 Å². The second kappa shape index (κ2) is 11.9. The Kier molecular flexibility index (Phi) is 8.67. The molecule has 32 heavy (non-hydrogen) atoms. The molecule has 2 aromatic carbocycles. The van der Waals surface area contributed by atoms with Crippen molar-refractivity contribution in [3.63, 3.8) is 0 Å². The van der Waals surface area contributed by atoms with Gasteiger partial charge in [-0.1, -0.05) is 35.9 Å². The summed E-state index contributed by atoms with van der Waals surface area (Å²) in [5.74, 6) is -0.167. The summed E-state index contributed by atoms with van der Waals surface area (Å²) < 4.78 is 10.9. The summed E-state index contributed by atoms with van der Waals surface area (Å²) in [5.41, 5.74) is 1.53. The van der Waals surface area contributed by atoms with Gasteiger partial charge in [-0.05, 0) is 54.3 Å². The lowest BCUT2D eigenvalue weighted by atomic mass is 10.1. The maximum absolute atomic E-state index is 12.3. The van der Waals surface area contributed by atoms with Crippen LogP contribution >= 0.6 is 11.6 Å². The van der Waals surface area contributed by atoms with E-state index < -0.39 is 5.91 Å². The van der Waals surface area contributed by atoms with Gasteiger partial charge < -0.3 is 20.1 Å². The van der Waals surface area contributed by atoms with Gasteiger partial charge in [-0.15, -0.1) is 0 Å². The molecule has 1 fully saturated rings. The van der Waals surface area contributed by atoms with Crippen molar-refractivity contribution in [3.8, 4) is 11.8 Å². The van der Waals surface area contributed by atoms with Crippen LogP contribution in [-0.2, 0) is 20.9 Å². The molecule has 1 atom stereocenters. The van der Waals surface area contributed by atoms with Gasteiger partial charge in [0.1, 0.15) is 17.4 Å². The van der Waals surface area contributed by atoms with Crippen molar-refractivity contribution in [2.75, 3.05) is 19.8 Å². The molecule has 1 saturated heterocycles. The average molecular weight is 454 g/mol. The molecular formula is C24H24ClN3O4. The molecule has 7 nitrogen and oxygen atoms in total. The first-order valence-electron chi connectivity index (χ1n) is 10.3. The molecule has 8 heteroatoms. The van der Waals surface area contributed by atoms with Gasteiger partial charge in [-0.2, -0.15) is 5.26 Å². The summed E-state index contributed by atoms with van der Waals surface area (Å²) in [6, 6.07) is 15.8. The van der Waals surface area contributed by atoms with Crippen LogP contribution in [0.1, 0.15) is 24.0 Å². The van der Waals surface area contributed by atoms with Crippen LogP contribution in [0.5, 0.6) is 5.75 Å². The van der Waals surface area contributed by atoms with Crippen molar-refractivity contribution in [2.45, 2.75) is 25.5 Å². The van der Waals surface area contributed by atoms with Crippen molar-refractivity contribution in [3.05, 3.63) is 70.3 Å². The normalized spacial score (nSPS) is 15.6. The zero-order valence-electron chi connectivity index (χ0n) is 17.5. The fraction of sp³-hybridized carbons (Fsp3) is 0.292. The molecule has 1 heterocycles. The number of nitrogens with one attached hydrogen (secondary N) is 2. The molecule has 0 aromatic heterocycles. The number of nitriles is 1. The van der Waals surface area contributed by atoms with Gasteiger partial charge in [0.05, 0.1) is 6.10 Å². The van der Waals surface area contributed by atoms with Crippen LogP contribution in [0.3, 0.4) is 0 Å². The molecule has 0 aliphatic carbocycles. The molecule has 166 valence electrons. The summed E-state index contributed by atoms with van der Waals surface area (Å²) >= 11 is 5.85. The van der Waals surface area contributed by atoms with E-state index in [2.05, 4.69) is 10.6 Å². The monoisotopic (exact) mass is 453 g/mol. The molecule has 0 bridgehead atoms. The van der Waals surface area contributed by atoms with Crippen LogP contribution in [0, 0.1) is 11.3 Å². The number of carbonyl (C=O) groups is 2. The van der Waals surface area contributed by atoms with E-state index in [1.807, 2.05) is 6.07 Å². The average Bonchev–Trinajstić information content (AvgIpc) is 3.34. The van der Waals surface area contributed by atoms with Crippen molar-refractivity contribution >= 4 is 29.5 Å². The fourth-order valence-electron chi connectivity index (χ4n) is 3.09. The van der Waals surface area contributed by atoms with E-state index in [4.69, 9.17) is 21.1 Å². The molecule has 2 amide bonds. The second-order valence-corrected chi connectivity index (χ2v) is 7.71. The fourth-order valence-corrected chi connectivity index (χ4v) is 3.21. The highest BCUT2D eigenvalue weighted by Gasteiger charge is 2.16. The molecule has 2 N–H and O–H groups in total. The predicted molar refractivity (Wildman–Crippen MR) is 121 cm³/mol. The number of amides is 2. The summed E-state index contributed by atoms with van der Waals surface area (Å²) in [7, 11) is 0. The minimum Gasteiger partial charge on any atom is -0.484 e. The number of halogens is 1. The summed E-state index contributed by atoms with van der Waals surface area (Å²) in [5, 5.41) is 15.5. The van der Waals surface area contributed by atoms with Crippen LogP contribution in [0.4, 0.5) is 0 Å². The Morgan fingerprint density at radius 1 is 1.16 bits per heavy atom. The van der Waals surface area contributed by atoms with Crippen LogP contribution in [0.2, 0.25) is 5.02 Å². The summed E-state index contributed by atoms with van der Waals surface area (Å²) in [4.78, 5) is 24.2. The van der Waals surface area contributed by atoms with Gasteiger partial charge in [0.25, 0.3) is 11.8 Å². The van der Waals surface area contributed by atoms with Crippen molar-refractivity contribution in [1.82, 2.24) is 10.6 Å².